The molecule has 2 heterocycles. The molecule has 10 nitrogen and oxygen atoms in total. The van der Waals surface area contributed by atoms with Crippen LogP contribution in [0.1, 0.15) is 10.4 Å². The molecule has 0 N–H and O–H groups in total. The molecule has 0 atom stereocenters. The van der Waals surface area contributed by atoms with Crippen molar-refractivity contribution in [3.05, 3.63) is 46.8 Å². The van der Waals surface area contributed by atoms with Gasteiger partial charge in [-0.1, -0.05) is 17.3 Å². The minimum absolute atomic E-state index is 0.0612. The number of methoxy groups -OCH3 is 2. The van der Waals surface area contributed by atoms with Crippen LogP contribution in [-0.2, 0) is 26.0 Å². The highest BCUT2D eigenvalue weighted by Gasteiger charge is 2.24. The molecule has 0 aliphatic carbocycles. The van der Waals surface area contributed by atoms with Crippen LogP contribution in [0.5, 0.6) is 11.5 Å². The highest BCUT2D eigenvalue weighted by molar-refractivity contribution is 7.89. The van der Waals surface area contributed by atoms with Gasteiger partial charge in [0.15, 0.2) is 16.3 Å². The van der Waals surface area contributed by atoms with Crippen molar-refractivity contribution in [3.63, 3.8) is 0 Å². The zero-order chi connectivity index (χ0) is 26.4. The summed E-state index contributed by atoms with van der Waals surface area (Å²) in [6.07, 6.45) is 5.58. The van der Waals surface area contributed by atoms with E-state index in [1.807, 2.05) is 12.1 Å². The van der Waals surface area contributed by atoms with Crippen LogP contribution in [0.25, 0.3) is 10.2 Å². The lowest BCUT2D eigenvalue weighted by atomic mass is 10.2. The summed E-state index contributed by atoms with van der Waals surface area (Å²) >= 11 is 1.30. The van der Waals surface area contributed by atoms with Gasteiger partial charge in [-0.15, -0.1) is 6.42 Å². The molecule has 196 valence electrons. The number of nitrogens with zero attached hydrogens (tertiary/aromatic N) is 3. The Morgan fingerprint density at radius 1 is 1.11 bits per heavy atom. The van der Waals surface area contributed by atoms with Gasteiger partial charge in [-0.3, -0.25) is 4.79 Å². The van der Waals surface area contributed by atoms with E-state index in [2.05, 4.69) is 10.9 Å². The Bertz CT molecular complexity index is 1480. The van der Waals surface area contributed by atoms with Gasteiger partial charge >= 0.3 is 0 Å². The van der Waals surface area contributed by atoms with E-state index in [1.165, 1.54) is 54.1 Å². The van der Waals surface area contributed by atoms with Crippen molar-refractivity contribution in [3.8, 4) is 23.8 Å². The third-order valence-corrected chi connectivity index (χ3v) is 8.58. The number of amides is 1. The summed E-state index contributed by atoms with van der Waals surface area (Å²) in [6, 6.07) is 9.37. The number of terminal acetylenes is 1. The Labute approximate surface area is 219 Å². The lowest BCUT2D eigenvalue weighted by Crippen LogP contribution is -2.36. The average Bonchev–Trinajstić information content (AvgIpc) is 3.23. The number of thiazole rings is 1. The third-order valence-electron chi connectivity index (χ3n) is 5.62. The molecule has 0 saturated carbocycles. The highest BCUT2D eigenvalue weighted by atomic mass is 32.2. The number of fused-ring (bicyclic) bond motifs is 2. The van der Waals surface area contributed by atoms with Gasteiger partial charge in [0.25, 0.3) is 5.91 Å². The molecule has 3 aromatic rings. The molecule has 0 saturated heterocycles. The van der Waals surface area contributed by atoms with Crippen molar-refractivity contribution in [1.82, 2.24) is 8.87 Å². The molecule has 1 amide bonds. The number of carbonyl (C=O) groups excluding carboxylic acids is 1. The van der Waals surface area contributed by atoms with Crippen LogP contribution in [0.2, 0.25) is 0 Å². The maximum absolute atomic E-state index is 13.1. The van der Waals surface area contributed by atoms with Gasteiger partial charge in [0.2, 0.25) is 10.0 Å². The summed E-state index contributed by atoms with van der Waals surface area (Å²) in [5.74, 6) is 3.32. The monoisotopic (exact) mass is 545 g/mol. The van der Waals surface area contributed by atoms with E-state index in [1.54, 1.807) is 4.57 Å². The molecule has 1 aliphatic rings. The molecule has 0 fully saturated rings. The summed E-state index contributed by atoms with van der Waals surface area (Å²) in [7, 11) is -0.794. The number of carbonyl (C=O) groups is 1. The number of rotatable bonds is 10. The van der Waals surface area contributed by atoms with Crippen molar-refractivity contribution in [1.29, 1.82) is 0 Å². The summed E-state index contributed by atoms with van der Waals surface area (Å²) in [4.78, 5) is 17.8. The number of sulfonamides is 1. The van der Waals surface area contributed by atoms with Gasteiger partial charge in [-0.2, -0.15) is 9.30 Å². The zero-order valence-electron chi connectivity index (χ0n) is 20.5. The van der Waals surface area contributed by atoms with Gasteiger partial charge in [0.05, 0.1) is 34.9 Å². The normalized spacial score (nSPS) is 13.7. The molecular formula is C25H27N3O7S2. The van der Waals surface area contributed by atoms with E-state index in [4.69, 9.17) is 25.4 Å². The van der Waals surface area contributed by atoms with Gasteiger partial charge in [0.1, 0.15) is 13.2 Å². The summed E-state index contributed by atoms with van der Waals surface area (Å²) in [5, 5.41) is 0. The Kier molecular flexibility index (Phi) is 8.63. The van der Waals surface area contributed by atoms with Crippen molar-refractivity contribution in [2.24, 2.45) is 4.99 Å². The molecule has 0 bridgehead atoms. The van der Waals surface area contributed by atoms with Crippen molar-refractivity contribution in [2.45, 2.75) is 11.4 Å². The first kappa shape index (κ1) is 26.8. The Hall–Kier alpha value is -3.21. The topological polar surface area (TPSA) is 109 Å². The highest BCUT2D eigenvalue weighted by Crippen LogP contribution is 2.35. The second-order valence-corrected chi connectivity index (χ2v) is 10.9. The Balaban J connectivity index is 1.64. The first-order valence-corrected chi connectivity index (χ1v) is 13.7. The van der Waals surface area contributed by atoms with E-state index >= 15 is 0 Å². The SMILES string of the molecule is C#CCn1c(=NC(=O)c2ccc(S(=O)(=O)N(CCOC)CCOC)cc2)sc2cc3c(cc21)OCCO3. The van der Waals surface area contributed by atoms with Crippen LogP contribution in [0, 0.1) is 12.3 Å². The summed E-state index contributed by atoms with van der Waals surface area (Å²) in [6.45, 7) is 1.97. The molecule has 12 heteroatoms. The fraction of sp³-hybridized carbons (Fsp3) is 0.360. The minimum Gasteiger partial charge on any atom is -0.486 e. The van der Waals surface area contributed by atoms with Gasteiger partial charge in [-0.05, 0) is 24.3 Å². The lowest BCUT2D eigenvalue weighted by molar-refractivity contribution is 0.0997. The standard InChI is InChI=1S/C25H27N3O7S2/c1-4-9-28-20-16-21-22(35-15-14-34-21)17-23(20)36-25(28)26-24(29)18-5-7-19(8-6-18)37(30,31)27(10-12-32-2)11-13-33-3/h1,5-8,16-17H,9-15H2,2-3H3. The van der Waals surface area contributed by atoms with Crippen molar-refractivity contribution in [2.75, 3.05) is 53.7 Å². The predicted molar refractivity (Wildman–Crippen MR) is 138 cm³/mol. The van der Waals surface area contributed by atoms with Crippen LogP contribution in [-0.4, -0.2) is 76.9 Å². The number of hydrogen-bond donors (Lipinski definition) is 0. The molecular weight excluding hydrogens is 518 g/mol. The number of hydrogen-bond acceptors (Lipinski definition) is 8. The van der Waals surface area contributed by atoms with Crippen LogP contribution in [0.4, 0.5) is 0 Å². The van der Waals surface area contributed by atoms with Crippen molar-refractivity contribution < 1.29 is 32.2 Å². The molecule has 37 heavy (non-hydrogen) atoms. The molecule has 0 radical (unpaired) electrons. The Morgan fingerprint density at radius 3 is 2.32 bits per heavy atom. The fourth-order valence-electron chi connectivity index (χ4n) is 3.74. The average molecular weight is 546 g/mol. The first-order valence-electron chi connectivity index (χ1n) is 11.4. The predicted octanol–water partition coefficient (Wildman–Crippen LogP) is 2.13. The van der Waals surface area contributed by atoms with E-state index in [9.17, 15) is 13.2 Å². The lowest BCUT2D eigenvalue weighted by Gasteiger charge is -2.21. The van der Waals surface area contributed by atoms with E-state index in [-0.39, 0.29) is 43.3 Å². The number of aromatic nitrogens is 1. The molecule has 1 aromatic heterocycles. The van der Waals surface area contributed by atoms with Gasteiger partial charge < -0.3 is 23.5 Å². The van der Waals surface area contributed by atoms with Crippen LogP contribution < -0.4 is 14.3 Å². The summed E-state index contributed by atoms with van der Waals surface area (Å²) in [5.41, 5.74) is 1.03. The van der Waals surface area contributed by atoms with Crippen LogP contribution in [0.15, 0.2) is 46.3 Å². The maximum atomic E-state index is 13.1. The second-order valence-electron chi connectivity index (χ2n) is 7.97. The van der Waals surface area contributed by atoms with Crippen molar-refractivity contribution >= 4 is 37.5 Å². The maximum Gasteiger partial charge on any atom is 0.279 e. The Morgan fingerprint density at radius 2 is 1.73 bits per heavy atom. The fourth-order valence-corrected chi connectivity index (χ4v) is 6.19. The van der Waals surface area contributed by atoms with E-state index in [0.717, 1.165) is 10.2 Å². The second kappa shape index (κ2) is 11.9. The molecule has 0 spiro atoms. The van der Waals surface area contributed by atoms with Gasteiger partial charge in [0, 0.05) is 45.0 Å². The first-order chi connectivity index (χ1) is 17.9. The minimum atomic E-state index is -3.80. The van der Waals surface area contributed by atoms with Crippen LogP contribution in [0.3, 0.4) is 0 Å². The largest absolute Gasteiger partial charge is 0.486 e. The number of ether oxygens (including phenoxy) is 4. The van der Waals surface area contributed by atoms with E-state index < -0.39 is 15.9 Å². The van der Waals surface area contributed by atoms with Gasteiger partial charge in [-0.25, -0.2) is 8.42 Å². The smallest absolute Gasteiger partial charge is 0.279 e. The van der Waals surface area contributed by atoms with Crippen LogP contribution >= 0.6 is 11.3 Å². The quantitative estimate of drug-likeness (QED) is 0.359. The third kappa shape index (κ3) is 5.87. The molecule has 4 rings (SSSR count). The van der Waals surface area contributed by atoms with E-state index in [0.29, 0.717) is 29.5 Å². The summed E-state index contributed by atoms with van der Waals surface area (Å²) < 4.78 is 51.5. The molecule has 0 unspecified atom stereocenters. The zero-order valence-corrected chi connectivity index (χ0v) is 22.1. The molecule has 2 aromatic carbocycles. The number of benzene rings is 2. The molecule has 1 aliphatic heterocycles.